The molecule has 0 aliphatic rings. The second kappa shape index (κ2) is 6.70. The Morgan fingerprint density at radius 1 is 0.952 bits per heavy atom. The van der Waals surface area contributed by atoms with E-state index in [1.165, 1.54) is 12.1 Å². The number of benzene rings is 2. The number of hydrogen-bond donors (Lipinski definition) is 1. The van der Waals surface area contributed by atoms with Crippen LogP contribution in [0.1, 0.15) is 37.1 Å². The zero-order valence-corrected chi connectivity index (χ0v) is 12.7. The van der Waals surface area contributed by atoms with Gasteiger partial charge in [0.05, 0.1) is 4.92 Å². The molecule has 2 atom stereocenters. The van der Waals surface area contributed by atoms with Gasteiger partial charge < -0.3 is 5.32 Å². The van der Waals surface area contributed by atoms with Crippen molar-refractivity contribution in [2.75, 3.05) is 0 Å². The number of nitro groups is 1. The van der Waals surface area contributed by atoms with Crippen molar-refractivity contribution >= 4 is 17.3 Å². The Bertz CT molecular complexity index is 611. The van der Waals surface area contributed by atoms with E-state index in [9.17, 15) is 10.1 Å². The summed E-state index contributed by atoms with van der Waals surface area (Å²) in [4.78, 5) is 10.3. The largest absolute Gasteiger partial charge is 0.304 e. The molecule has 1 N–H and O–H groups in total. The molecule has 0 heterocycles. The smallest absolute Gasteiger partial charge is 0.269 e. The van der Waals surface area contributed by atoms with Gasteiger partial charge in [-0.3, -0.25) is 10.1 Å². The molecule has 5 heteroatoms. The van der Waals surface area contributed by atoms with Crippen LogP contribution >= 0.6 is 11.6 Å². The molecule has 2 aromatic rings. The zero-order chi connectivity index (χ0) is 15.4. The van der Waals surface area contributed by atoms with Gasteiger partial charge in [0.15, 0.2) is 0 Å². The summed E-state index contributed by atoms with van der Waals surface area (Å²) < 4.78 is 0. The van der Waals surface area contributed by atoms with Crippen molar-refractivity contribution in [1.29, 1.82) is 0 Å². The van der Waals surface area contributed by atoms with Crippen LogP contribution in [0.4, 0.5) is 5.69 Å². The molecule has 0 saturated carbocycles. The van der Waals surface area contributed by atoms with Crippen molar-refractivity contribution in [3.63, 3.8) is 0 Å². The van der Waals surface area contributed by atoms with Crippen LogP contribution in [0.2, 0.25) is 5.02 Å². The van der Waals surface area contributed by atoms with Gasteiger partial charge in [-0.05, 0) is 37.1 Å². The average Bonchev–Trinajstić information content (AvgIpc) is 2.47. The monoisotopic (exact) mass is 304 g/mol. The van der Waals surface area contributed by atoms with Gasteiger partial charge in [0.2, 0.25) is 0 Å². The van der Waals surface area contributed by atoms with Crippen molar-refractivity contribution in [1.82, 2.24) is 5.32 Å². The second-order valence-electron chi connectivity index (χ2n) is 5.01. The van der Waals surface area contributed by atoms with Crippen molar-refractivity contribution in [2.45, 2.75) is 25.9 Å². The van der Waals surface area contributed by atoms with Gasteiger partial charge >= 0.3 is 0 Å². The maximum atomic E-state index is 10.7. The van der Waals surface area contributed by atoms with Crippen LogP contribution in [0, 0.1) is 10.1 Å². The molecular formula is C16H17ClN2O2. The summed E-state index contributed by atoms with van der Waals surface area (Å²) in [6.45, 7) is 4.11. The molecule has 4 nitrogen and oxygen atoms in total. The number of nitrogens with one attached hydrogen (secondary N) is 1. The average molecular weight is 305 g/mol. The van der Waals surface area contributed by atoms with E-state index in [-0.39, 0.29) is 17.8 Å². The maximum absolute atomic E-state index is 10.7. The van der Waals surface area contributed by atoms with E-state index in [1.807, 2.05) is 31.2 Å². The fourth-order valence-electron chi connectivity index (χ4n) is 2.20. The quantitative estimate of drug-likeness (QED) is 0.645. The molecule has 110 valence electrons. The first-order chi connectivity index (χ1) is 9.97. The molecule has 0 bridgehead atoms. The molecule has 2 unspecified atom stereocenters. The predicted octanol–water partition coefficient (Wildman–Crippen LogP) is 4.66. The first-order valence-corrected chi connectivity index (χ1v) is 7.11. The van der Waals surface area contributed by atoms with Crippen molar-refractivity contribution in [3.05, 3.63) is 74.8 Å². The van der Waals surface area contributed by atoms with Gasteiger partial charge in [-0.25, -0.2) is 0 Å². The number of rotatable bonds is 5. The van der Waals surface area contributed by atoms with Crippen molar-refractivity contribution < 1.29 is 4.92 Å². The number of nitrogens with zero attached hydrogens (tertiary/aromatic N) is 1. The molecule has 0 aliphatic heterocycles. The third kappa shape index (κ3) is 4.03. The van der Waals surface area contributed by atoms with E-state index < -0.39 is 4.92 Å². The summed E-state index contributed by atoms with van der Waals surface area (Å²) >= 11 is 5.88. The number of hydrogen-bond acceptors (Lipinski definition) is 3. The fourth-order valence-corrected chi connectivity index (χ4v) is 2.33. The first kappa shape index (κ1) is 15.5. The lowest BCUT2D eigenvalue weighted by Crippen LogP contribution is -2.22. The fraction of sp³-hybridized carbons (Fsp3) is 0.250. The number of non-ortho nitro benzene ring substituents is 1. The van der Waals surface area contributed by atoms with E-state index in [0.29, 0.717) is 0 Å². The van der Waals surface area contributed by atoms with Crippen LogP contribution in [0.15, 0.2) is 48.5 Å². The van der Waals surface area contributed by atoms with Crippen LogP contribution in [0.25, 0.3) is 0 Å². The Kier molecular flexibility index (Phi) is 4.94. The molecule has 0 spiro atoms. The van der Waals surface area contributed by atoms with Crippen LogP contribution in [0.3, 0.4) is 0 Å². The summed E-state index contributed by atoms with van der Waals surface area (Å²) in [5.74, 6) is 0. The Balaban J connectivity index is 2.04. The maximum Gasteiger partial charge on any atom is 0.269 e. The molecule has 0 aromatic heterocycles. The minimum Gasteiger partial charge on any atom is -0.304 e. The molecular weight excluding hydrogens is 288 g/mol. The molecule has 0 radical (unpaired) electrons. The number of halogens is 1. The summed E-state index contributed by atoms with van der Waals surface area (Å²) in [5.41, 5.74) is 2.27. The minimum atomic E-state index is -0.391. The lowest BCUT2D eigenvalue weighted by molar-refractivity contribution is -0.384. The van der Waals surface area contributed by atoms with Gasteiger partial charge in [0, 0.05) is 29.2 Å². The van der Waals surface area contributed by atoms with E-state index in [0.717, 1.165) is 16.1 Å². The van der Waals surface area contributed by atoms with Gasteiger partial charge in [0.25, 0.3) is 5.69 Å². The molecule has 21 heavy (non-hydrogen) atoms. The van der Waals surface area contributed by atoms with E-state index in [2.05, 4.69) is 12.2 Å². The second-order valence-corrected chi connectivity index (χ2v) is 5.45. The SMILES string of the molecule is CC(NC(C)c1ccc([N+](=O)[O-])cc1)c1ccc(Cl)cc1. The normalized spacial score (nSPS) is 13.7. The third-order valence-electron chi connectivity index (χ3n) is 3.47. The molecule has 0 amide bonds. The van der Waals surface area contributed by atoms with E-state index >= 15 is 0 Å². The van der Waals surface area contributed by atoms with Gasteiger partial charge in [-0.1, -0.05) is 35.9 Å². The van der Waals surface area contributed by atoms with Crippen molar-refractivity contribution in [3.8, 4) is 0 Å². The summed E-state index contributed by atoms with van der Waals surface area (Å²) in [7, 11) is 0. The zero-order valence-electron chi connectivity index (χ0n) is 11.9. The molecule has 2 rings (SSSR count). The van der Waals surface area contributed by atoms with Crippen LogP contribution in [0.5, 0.6) is 0 Å². The Morgan fingerprint density at radius 3 is 1.81 bits per heavy atom. The third-order valence-corrected chi connectivity index (χ3v) is 3.73. The van der Waals surface area contributed by atoms with Gasteiger partial charge in [-0.15, -0.1) is 0 Å². The highest BCUT2D eigenvalue weighted by Crippen LogP contribution is 2.22. The molecule has 0 fully saturated rings. The highest BCUT2D eigenvalue weighted by molar-refractivity contribution is 6.30. The standard InChI is InChI=1S/C16H17ClN2O2/c1-11(13-3-7-15(17)8-4-13)18-12(2)14-5-9-16(10-6-14)19(20)21/h3-12,18H,1-2H3. The van der Waals surface area contributed by atoms with Gasteiger partial charge in [-0.2, -0.15) is 0 Å². The summed E-state index contributed by atoms with van der Waals surface area (Å²) in [6.07, 6.45) is 0. The Labute approximate surface area is 128 Å². The Morgan fingerprint density at radius 2 is 1.38 bits per heavy atom. The molecule has 0 saturated heterocycles. The topological polar surface area (TPSA) is 55.2 Å². The highest BCUT2D eigenvalue weighted by atomic mass is 35.5. The first-order valence-electron chi connectivity index (χ1n) is 6.73. The van der Waals surface area contributed by atoms with Crippen LogP contribution in [-0.2, 0) is 0 Å². The van der Waals surface area contributed by atoms with E-state index in [1.54, 1.807) is 12.1 Å². The highest BCUT2D eigenvalue weighted by Gasteiger charge is 2.12. The molecule has 2 aromatic carbocycles. The van der Waals surface area contributed by atoms with Crippen LogP contribution in [-0.4, -0.2) is 4.92 Å². The predicted molar refractivity (Wildman–Crippen MR) is 84.5 cm³/mol. The summed E-state index contributed by atoms with van der Waals surface area (Å²) in [5, 5.41) is 14.8. The van der Waals surface area contributed by atoms with Gasteiger partial charge in [0.1, 0.15) is 0 Å². The lowest BCUT2D eigenvalue weighted by atomic mass is 10.0. The molecule has 0 aliphatic carbocycles. The lowest BCUT2D eigenvalue weighted by Gasteiger charge is -2.20. The van der Waals surface area contributed by atoms with Crippen molar-refractivity contribution in [2.24, 2.45) is 0 Å². The number of nitro benzene ring substituents is 1. The van der Waals surface area contributed by atoms with E-state index in [4.69, 9.17) is 11.6 Å². The minimum absolute atomic E-state index is 0.0940. The van der Waals surface area contributed by atoms with Crippen LogP contribution < -0.4 is 5.32 Å². The summed E-state index contributed by atoms with van der Waals surface area (Å²) in [6, 6.07) is 14.6. The Hall–Kier alpha value is -1.91.